The molecule has 0 aliphatic rings. The van der Waals surface area contributed by atoms with Crippen molar-refractivity contribution in [2.75, 3.05) is 7.11 Å². The molecule has 0 aromatic rings. The molecule has 1 unspecified atom stereocenters. The van der Waals surface area contributed by atoms with E-state index < -0.39 is 5.79 Å². The molecule has 1 atom stereocenters. The lowest BCUT2D eigenvalue weighted by Crippen LogP contribution is -2.37. The number of hydrogen-bond acceptors (Lipinski definition) is 3. The summed E-state index contributed by atoms with van der Waals surface area (Å²) in [6, 6.07) is 0. The van der Waals surface area contributed by atoms with E-state index in [1.54, 1.807) is 13.8 Å². The summed E-state index contributed by atoms with van der Waals surface area (Å²) in [5, 5.41) is 0. The molecule has 1 N–H and O–H groups in total. The maximum atomic E-state index is 10.8. The fourth-order valence-corrected chi connectivity index (χ4v) is 0.397. The van der Waals surface area contributed by atoms with Gasteiger partial charge in [-0.15, -0.1) is 0 Å². The number of rotatable bonds is 5. The fourth-order valence-electron chi connectivity index (χ4n) is 0.397. The van der Waals surface area contributed by atoms with Crippen LogP contribution in [-0.4, -0.2) is 18.8 Å². The molecule has 0 spiro atoms. The zero-order chi connectivity index (χ0) is 9.61. The second-order valence-corrected chi connectivity index (χ2v) is 2.41. The highest BCUT2D eigenvalue weighted by atomic mass is 16.8. The van der Waals surface area contributed by atoms with Crippen molar-refractivity contribution in [2.45, 2.75) is 26.1 Å². The van der Waals surface area contributed by atoms with Gasteiger partial charge in [0.05, 0.1) is 0 Å². The van der Waals surface area contributed by atoms with Gasteiger partial charge in [-0.2, -0.15) is 0 Å². The third kappa shape index (κ3) is 3.50. The largest absolute Gasteiger partial charge is 0.348 e. The van der Waals surface area contributed by atoms with Gasteiger partial charge >= 0.3 is 0 Å². The first kappa shape index (κ1) is 11.1. The summed E-state index contributed by atoms with van der Waals surface area (Å²) in [6.07, 6.45) is 1.83. The molecule has 0 aliphatic heterocycles. The van der Waals surface area contributed by atoms with Crippen molar-refractivity contribution in [1.29, 1.82) is 0 Å². The molecular formula is C8H15NO3. The van der Waals surface area contributed by atoms with E-state index in [0.717, 1.165) is 0 Å². The van der Waals surface area contributed by atoms with Crippen LogP contribution in [0.1, 0.15) is 20.3 Å². The number of nitrogens with one attached hydrogen (secondary N) is 1. The Bertz CT molecular complexity index is 170. The molecule has 0 aromatic carbocycles. The van der Waals surface area contributed by atoms with Gasteiger partial charge in [-0.25, -0.2) is 10.3 Å². The highest BCUT2D eigenvalue weighted by Gasteiger charge is 2.20. The molecule has 0 saturated carbocycles. The quantitative estimate of drug-likeness (QED) is 0.383. The minimum Gasteiger partial charge on any atom is -0.348 e. The first-order valence-electron chi connectivity index (χ1n) is 3.73. The van der Waals surface area contributed by atoms with Crippen LogP contribution >= 0.6 is 0 Å². The number of amides is 1. The Morgan fingerprint density at radius 2 is 2.33 bits per heavy atom. The predicted octanol–water partition coefficient (Wildman–Crippen LogP) is 0.993. The van der Waals surface area contributed by atoms with Crippen LogP contribution in [-0.2, 0) is 14.4 Å². The van der Waals surface area contributed by atoms with Gasteiger partial charge in [-0.1, -0.05) is 13.5 Å². The number of carbonyl (C=O) groups is 1. The van der Waals surface area contributed by atoms with E-state index in [0.29, 0.717) is 6.42 Å². The van der Waals surface area contributed by atoms with Gasteiger partial charge in [0.25, 0.3) is 0 Å². The maximum absolute atomic E-state index is 10.8. The molecule has 0 bridgehead atoms. The number of carbonyl (C=O) groups excluding carboxylic acids is 1. The summed E-state index contributed by atoms with van der Waals surface area (Å²) in [7, 11) is 1.47. The van der Waals surface area contributed by atoms with Crippen LogP contribution in [0.4, 0.5) is 0 Å². The molecule has 0 saturated heterocycles. The zero-order valence-corrected chi connectivity index (χ0v) is 7.72. The lowest BCUT2D eigenvalue weighted by molar-refractivity contribution is -0.213. The summed E-state index contributed by atoms with van der Waals surface area (Å²) in [4.78, 5) is 15.7. The Morgan fingerprint density at radius 1 is 1.75 bits per heavy atom. The van der Waals surface area contributed by atoms with Crippen molar-refractivity contribution in [2.24, 2.45) is 0 Å². The zero-order valence-electron chi connectivity index (χ0n) is 7.72. The van der Waals surface area contributed by atoms with Gasteiger partial charge < -0.3 is 4.74 Å². The van der Waals surface area contributed by atoms with Gasteiger partial charge in [-0.05, 0) is 13.0 Å². The van der Waals surface area contributed by atoms with Gasteiger partial charge in [-0.3, -0.25) is 4.79 Å². The Kier molecular flexibility index (Phi) is 4.54. The normalized spacial score (nSPS) is 14.9. The van der Waals surface area contributed by atoms with Crippen molar-refractivity contribution in [3.63, 3.8) is 0 Å². The van der Waals surface area contributed by atoms with Crippen LogP contribution in [0.15, 0.2) is 12.7 Å². The van der Waals surface area contributed by atoms with Crippen LogP contribution in [0, 0.1) is 0 Å². The molecule has 4 heteroatoms. The number of methoxy groups -OCH3 is 1. The Hall–Kier alpha value is -0.870. The number of hydroxylamine groups is 1. The Morgan fingerprint density at radius 3 is 2.67 bits per heavy atom. The van der Waals surface area contributed by atoms with Crippen LogP contribution in [0.5, 0.6) is 0 Å². The van der Waals surface area contributed by atoms with E-state index in [1.807, 2.05) is 0 Å². The fraction of sp³-hybridized carbons (Fsp3) is 0.625. The second-order valence-electron chi connectivity index (χ2n) is 2.41. The monoisotopic (exact) mass is 173 g/mol. The molecule has 70 valence electrons. The summed E-state index contributed by atoms with van der Waals surface area (Å²) in [5.74, 6) is -1.15. The molecule has 0 radical (unpaired) electrons. The molecule has 0 rings (SSSR count). The van der Waals surface area contributed by atoms with E-state index in [9.17, 15) is 4.79 Å². The van der Waals surface area contributed by atoms with Crippen LogP contribution in [0.2, 0.25) is 0 Å². The van der Waals surface area contributed by atoms with Crippen LogP contribution in [0.3, 0.4) is 0 Å². The summed E-state index contributed by atoms with van der Waals surface area (Å²) in [5.41, 5.74) is 2.24. The van der Waals surface area contributed by atoms with E-state index in [2.05, 4.69) is 12.1 Å². The first-order valence-corrected chi connectivity index (χ1v) is 3.73. The first-order chi connectivity index (χ1) is 5.58. The summed E-state index contributed by atoms with van der Waals surface area (Å²) >= 11 is 0. The standard InChI is InChI=1S/C8H15NO3/c1-5-7(10)9-12-8(3,6-2)11-4/h6H,2,5H2,1,3-4H3,(H,9,10). The molecule has 0 aromatic heterocycles. The van der Waals surface area contributed by atoms with E-state index in [1.165, 1.54) is 13.2 Å². The van der Waals surface area contributed by atoms with Crippen molar-refractivity contribution in [3.05, 3.63) is 12.7 Å². The number of hydrogen-bond donors (Lipinski definition) is 1. The molecule has 0 heterocycles. The smallest absolute Gasteiger partial charge is 0.243 e. The minimum absolute atomic E-state index is 0.194. The second kappa shape index (κ2) is 4.90. The van der Waals surface area contributed by atoms with Crippen LogP contribution < -0.4 is 5.48 Å². The van der Waals surface area contributed by atoms with Gasteiger partial charge in [0.15, 0.2) is 0 Å². The van der Waals surface area contributed by atoms with Crippen molar-refractivity contribution < 1.29 is 14.4 Å². The average Bonchev–Trinajstić information content (AvgIpc) is 2.13. The lowest BCUT2D eigenvalue weighted by atomic mass is 10.3. The molecule has 12 heavy (non-hydrogen) atoms. The van der Waals surface area contributed by atoms with Crippen molar-refractivity contribution in [1.82, 2.24) is 5.48 Å². The summed E-state index contributed by atoms with van der Waals surface area (Å²) < 4.78 is 4.93. The summed E-state index contributed by atoms with van der Waals surface area (Å²) in [6.45, 7) is 6.89. The van der Waals surface area contributed by atoms with E-state index >= 15 is 0 Å². The van der Waals surface area contributed by atoms with Gasteiger partial charge in [0.2, 0.25) is 11.7 Å². The SMILES string of the molecule is C=CC(C)(OC)ONC(=O)CC. The highest BCUT2D eigenvalue weighted by molar-refractivity contribution is 5.74. The Balaban J connectivity index is 3.88. The third-order valence-corrected chi connectivity index (χ3v) is 1.46. The van der Waals surface area contributed by atoms with Gasteiger partial charge in [0.1, 0.15) is 0 Å². The van der Waals surface area contributed by atoms with Crippen LogP contribution in [0.25, 0.3) is 0 Å². The van der Waals surface area contributed by atoms with E-state index in [-0.39, 0.29) is 5.91 Å². The molecule has 1 amide bonds. The lowest BCUT2D eigenvalue weighted by Gasteiger charge is -2.23. The van der Waals surface area contributed by atoms with E-state index in [4.69, 9.17) is 9.57 Å². The van der Waals surface area contributed by atoms with Gasteiger partial charge in [0, 0.05) is 13.5 Å². The predicted molar refractivity (Wildman–Crippen MR) is 45.1 cm³/mol. The molecule has 0 aliphatic carbocycles. The highest BCUT2D eigenvalue weighted by Crippen LogP contribution is 2.09. The Labute approximate surface area is 72.5 Å². The number of ether oxygens (including phenoxy) is 1. The molecule has 0 fully saturated rings. The molecular weight excluding hydrogens is 158 g/mol. The van der Waals surface area contributed by atoms with Crippen molar-refractivity contribution in [3.8, 4) is 0 Å². The molecule has 4 nitrogen and oxygen atoms in total. The maximum Gasteiger partial charge on any atom is 0.243 e. The van der Waals surface area contributed by atoms with Crippen molar-refractivity contribution >= 4 is 5.91 Å². The topological polar surface area (TPSA) is 47.6 Å². The minimum atomic E-state index is -0.954. The average molecular weight is 173 g/mol. The third-order valence-electron chi connectivity index (χ3n) is 1.46.